The standard InChI is InChI=1S/C17H26BrNO2/c1-16(2,3)19-11-13-10-14(6-7-15(13)18)21-12-17(20)8-4-5-9-17/h6-7,10,19-20H,4-5,8-9,11-12H2,1-3H3. The minimum Gasteiger partial charge on any atom is -0.491 e. The normalized spacial score (nSPS) is 18.0. The summed E-state index contributed by atoms with van der Waals surface area (Å²) >= 11 is 3.58. The molecule has 1 fully saturated rings. The highest BCUT2D eigenvalue weighted by Gasteiger charge is 2.31. The van der Waals surface area contributed by atoms with E-state index in [1.807, 2.05) is 18.2 Å². The van der Waals surface area contributed by atoms with Crippen LogP contribution in [0, 0.1) is 0 Å². The van der Waals surface area contributed by atoms with E-state index in [4.69, 9.17) is 4.74 Å². The van der Waals surface area contributed by atoms with Gasteiger partial charge in [-0.15, -0.1) is 0 Å². The molecule has 0 saturated heterocycles. The first-order chi connectivity index (χ1) is 9.77. The van der Waals surface area contributed by atoms with Crippen molar-refractivity contribution in [3.8, 4) is 5.75 Å². The zero-order chi connectivity index (χ0) is 15.5. The van der Waals surface area contributed by atoms with Gasteiger partial charge in [0.25, 0.3) is 0 Å². The van der Waals surface area contributed by atoms with E-state index in [2.05, 4.69) is 42.0 Å². The van der Waals surface area contributed by atoms with Crippen molar-refractivity contribution in [2.24, 2.45) is 0 Å². The molecule has 0 aliphatic heterocycles. The molecule has 2 N–H and O–H groups in total. The van der Waals surface area contributed by atoms with Crippen molar-refractivity contribution in [1.82, 2.24) is 5.32 Å². The first-order valence-electron chi connectivity index (χ1n) is 7.66. The summed E-state index contributed by atoms with van der Waals surface area (Å²) in [6.07, 6.45) is 3.89. The van der Waals surface area contributed by atoms with Crippen LogP contribution < -0.4 is 10.1 Å². The molecule has 0 atom stereocenters. The van der Waals surface area contributed by atoms with Gasteiger partial charge in [-0.05, 0) is 57.4 Å². The molecular weight excluding hydrogens is 330 g/mol. The second-order valence-electron chi connectivity index (χ2n) is 7.08. The Hall–Kier alpha value is -0.580. The molecule has 0 spiro atoms. The molecule has 0 unspecified atom stereocenters. The molecule has 0 heterocycles. The van der Waals surface area contributed by atoms with Crippen LogP contribution in [0.1, 0.15) is 52.0 Å². The fourth-order valence-electron chi connectivity index (χ4n) is 2.53. The number of hydrogen-bond acceptors (Lipinski definition) is 3. The Kier molecular flexibility index (Phi) is 5.33. The van der Waals surface area contributed by atoms with E-state index in [1.165, 1.54) is 5.56 Å². The first kappa shape index (κ1) is 16.8. The van der Waals surface area contributed by atoms with E-state index in [9.17, 15) is 5.11 Å². The minimum atomic E-state index is -0.628. The molecule has 1 aliphatic carbocycles. The molecule has 0 radical (unpaired) electrons. The largest absolute Gasteiger partial charge is 0.491 e. The fraction of sp³-hybridized carbons (Fsp3) is 0.647. The van der Waals surface area contributed by atoms with Crippen LogP contribution in [0.2, 0.25) is 0 Å². The second kappa shape index (κ2) is 6.67. The lowest BCUT2D eigenvalue weighted by atomic mass is 10.0. The molecule has 1 aromatic carbocycles. The van der Waals surface area contributed by atoms with Crippen molar-refractivity contribution in [1.29, 1.82) is 0 Å². The maximum atomic E-state index is 10.3. The Morgan fingerprint density at radius 3 is 2.57 bits per heavy atom. The summed E-state index contributed by atoms with van der Waals surface area (Å²) in [6, 6.07) is 6.00. The lowest BCUT2D eigenvalue weighted by Crippen LogP contribution is -2.35. The van der Waals surface area contributed by atoms with Crippen LogP contribution in [0.25, 0.3) is 0 Å². The van der Waals surface area contributed by atoms with E-state index in [1.54, 1.807) is 0 Å². The lowest BCUT2D eigenvalue weighted by Gasteiger charge is -2.23. The van der Waals surface area contributed by atoms with E-state index in [0.717, 1.165) is 42.5 Å². The van der Waals surface area contributed by atoms with Crippen molar-refractivity contribution in [3.05, 3.63) is 28.2 Å². The summed E-state index contributed by atoms with van der Waals surface area (Å²) in [5, 5.41) is 13.8. The van der Waals surface area contributed by atoms with Crippen molar-refractivity contribution in [2.75, 3.05) is 6.61 Å². The minimum absolute atomic E-state index is 0.0787. The number of rotatable bonds is 5. The topological polar surface area (TPSA) is 41.5 Å². The Morgan fingerprint density at radius 2 is 1.95 bits per heavy atom. The first-order valence-corrected chi connectivity index (χ1v) is 8.45. The van der Waals surface area contributed by atoms with Crippen LogP contribution in [0.15, 0.2) is 22.7 Å². The molecule has 0 amide bonds. The Balaban J connectivity index is 1.97. The zero-order valence-electron chi connectivity index (χ0n) is 13.2. The summed E-state index contributed by atoms with van der Waals surface area (Å²) in [7, 11) is 0. The molecule has 4 heteroatoms. The van der Waals surface area contributed by atoms with E-state index in [0.29, 0.717) is 6.61 Å². The quantitative estimate of drug-likeness (QED) is 0.837. The zero-order valence-corrected chi connectivity index (χ0v) is 14.8. The molecule has 0 aromatic heterocycles. The predicted octanol–water partition coefficient (Wildman–Crippen LogP) is 4.02. The Morgan fingerprint density at radius 1 is 1.29 bits per heavy atom. The monoisotopic (exact) mass is 355 g/mol. The molecule has 1 aliphatic rings. The summed E-state index contributed by atoms with van der Waals surface area (Å²) in [5.41, 5.74) is 0.618. The maximum Gasteiger partial charge on any atom is 0.119 e. The van der Waals surface area contributed by atoms with Crippen molar-refractivity contribution in [3.63, 3.8) is 0 Å². The molecule has 1 aromatic rings. The molecule has 118 valence electrons. The number of ether oxygens (including phenoxy) is 1. The van der Waals surface area contributed by atoms with E-state index < -0.39 is 5.60 Å². The third kappa shape index (κ3) is 5.28. The van der Waals surface area contributed by atoms with Crippen molar-refractivity contribution in [2.45, 2.75) is 64.1 Å². The molecular formula is C17H26BrNO2. The van der Waals surface area contributed by atoms with E-state index in [-0.39, 0.29) is 5.54 Å². The fourth-order valence-corrected chi connectivity index (χ4v) is 2.92. The third-order valence-electron chi connectivity index (χ3n) is 3.87. The van der Waals surface area contributed by atoms with Crippen LogP contribution in [-0.2, 0) is 6.54 Å². The van der Waals surface area contributed by atoms with Gasteiger partial charge in [0.1, 0.15) is 12.4 Å². The van der Waals surface area contributed by atoms with Gasteiger partial charge in [-0.3, -0.25) is 0 Å². The van der Waals surface area contributed by atoms with Gasteiger partial charge in [0, 0.05) is 16.6 Å². The molecule has 3 nitrogen and oxygen atoms in total. The maximum absolute atomic E-state index is 10.3. The van der Waals surface area contributed by atoms with Crippen LogP contribution in [-0.4, -0.2) is 22.9 Å². The van der Waals surface area contributed by atoms with E-state index >= 15 is 0 Å². The number of hydrogen-bond donors (Lipinski definition) is 2. The van der Waals surface area contributed by atoms with Crippen LogP contribution in [0.3, 0.4) is 0 Å². The van der Waals surface area contributed by atoms with Crippen LogP contribution in [0.4, 0.5) is 0 Å². The summed E-state index contributed by atoms with van der Waals surface area (Å²) < 4.78 is 6.90. The van der Waals surface area contributed by atoms with Gasteiger partial charge in [-0.2, -0.15) is 0 Å². The van der Waals surface area contributed by atoms with Crippen molar-refractivity contribution >= 4 is 15.9 Å². The SMILES string of the molecule is CC(C)(C)NCc1cc(OCC2(O)CCCC2)ccc1Br. The average Bonchev–Trinajstić information content (AvgIpc) is 2.83. The summed E-state index contributed by atoms with van der Waals surface area (Å²) in [4.78, 5) is 0. The molecule has 21 heavy (non-hydrogen) atoms. The molecule has 2 rings (SSSR count). The Bertz CT molecular complexity index is 476. The van der Waals surface area contributed by atoms with Gasteiger partial charge >= 0.3 is 0 Å². The Labute approximate surface area is 136 Å². The van der Waals surface area contributed by atoms with Gasteiger partial charge in [0.05, 0.1) is 5.60 Å². The lowest BCUT2D eigenvalue weighted by molar-refractivity contribution is 0.00138. The van der Waals surface area contributed by atoms with Crippen LogP contribution in [0.5, 0.6) is 5.75 Å². The third-order valence-corrected chi connectivity index (χ3v) is 4.64. The smallest absolute Gasteiger partial charge is 0.119 e. The number of halogens is 1. The highest BCUT2D eigenvalue weighted by molar-refractivity contribution is 9.10. The van der Waals surface area contributed by atoms with Crippen LogP contribution >= 0.6 is 15.9 Å². The molecule has 0 bridgehead atoms. The van der Waals surface area contributed by atoms with Gasteiger partial charge in [0.2, 0.25) is 0 Å². The van der Waals surface area contributed by atoms with Crippen molar-refractivity contribution < 1.29 is 9.84 Å². The summed E-state index contributed by atoms with van der Waals surface area (Å²) in [6.45, 7) is 7.62. The second-order valence-corrected chi connectivity index (χ2v) is 7.93. The number of benzene rings is 1. The average molecular weight is 356 g/mol. The summed E-state index contributed by atoms with van der Waals surface area (Å²) in [5.74, 6) is 0.823. The van der Waals surface area contributed by atoms with Gasteiger partial charge < -0.3 is 15.2 Å². The highest BCUT2D eigenvalue weighted by Crippen LogP contribution is 2.31. The van der Waals surface area contributed by atoms with Gasteiger partial charge in [-0.1, -0.05) is 28.8 Å². The van der Waals surface area contributed by atoms with Gasteiger partial charge in [-0.25, -0.2) is 0 Å². The molecule has 1 saturated carbocycles. The van der Waals surface area contributed by atoms with Gasteiger partial charge in [0.15, 0.2) is 0 Å². The predicted molar refractivity (Wildman–Crippen MR) is 89.6 cm³/mol. The number of nitrogens with one attached hydrogen (secondary N) is 1. The number of aliphatic hydroxyl groups is 1. The highest BCUT2D eigenvalue weighted by atomic mass is 79.9.